The number of rotatable bonds is 3. The number of pyridine rings is 1. The first-order valence-corrected chi connectivity index (χ1v) is 5.20. The second-order valence-corrected chi connectivity index (χ2v) is 3.66. The van der Waals surface area contributed by atoms with Crippen molar-refractivity contribution >= 4 is 5.96 Å². The van der Waals surface area contributed by atoms with E-state index in [0.29, 0.717) is 18.2 Å². The van der Waals surface area contributed by atoms with Crippen molar-refractivity contribution in [3.63, 3.8) is 0 Å². The molecule has 0 fully saturated rings. The average Bonchev–Trinajstić information content (AvgIpc) is 2.25. The molecule has 88 valence electrons. The number of nitrogens with one attached hydrogen (secondary N) is 2. The average molecular weight is 224 g/mol. The van der Waals surface area contributed by atoms with Gasteiger partial charge in [-0.25, -0.2) is 4.39 Å². The van der Waals surface area contributed by atoms with Crippen LogP contribution in [0.5, 0.6) is 0 Å². The molecule has 0 atom stereocenters. The van der Waals surface area contributed by atoms with Crippen LogP contribution in [0, 0.1) is 5.82 Å². The lowest BCUT2D eigenvalue weighted by Crippen LogP contribution is -2.40. The number of aromatic nitrogens is 1. The Labute approximate surface area is 95.0 Å². The topological polar surface area (TPSA) is 49.3 Å². The molecule has 1 aromatic heterocycles. The summed E-state index contributed by atoms with van der Waals surface area (Å²) in [4.78, 5) is 7.96. The summed E-state index contributed by atoms with van der Waals surface area (Å²) in [5, 5.41) is 6.10. The normalized spacial score (nSPS) is 11.7. The van der Waals surface area contributed by atoms with Crippen molar-refractivity contribution in [1.29, 1.82) is 0 Å². The van der Waals surface area contributed by atoms with Crippen molar-refractivity contribution in [2.75, 3.05) is 7.05 Å². The van der Waals surface area contributed by atoms with Gasteiger partial charge in [-0.2, -0.15) is 0 Å². The molecule has 0 aliphatic heterocycles. The molecule has 0 aliphatic rings. The molecule has 0 aromatic carbocycles. The van der Waals surface area contributed by atoms with Crippen molar-refractivity contribution in [3.05, 3.63) is 29.8 Å². The highest BCUT2D eigenvalue weighted by Gasteiger charge is 2.04. The van der Waals surface area contributed by atoms with E-state index in [1.165, 1.54) is 6.07 Å². The van der Waals surface area contributed by atoms with Crippen molar-refractivity contribution in [1.82, 2.24) is 15.6 Å². The quantitative estimate of drug-likeness (QED) is 0.601. The fourth-order valence-electron chi connectivity index (χ4n) is 1.18. The van der Waals surface area contributed by atoms with Crippen LogP contribution in [0.15, 0.2) is 23.3 Å². The number of hydrogen-bond donors (Lipinski definition) is 2. The number of hydrogen-bond acceptors (Lipinski definition) is 2. The molecule has 0 saturated heterocycles. The summed E-state index contributed by atoms with van der Waals surface area (Å²) in [6, 6.07) is 3.24. The Bertz CT molecular complexity index is 363. The molecule has 16 heavy (non-hydrogen) atoms. The van der Waals surface area contributed by atoms with Gasteiger partial charge in [0.25, 0.3) is 0 Å². The molecule has 1 heterocycles. The summed E-state index contributed by atoms with van der Waals surface area (Å²) in [5.74, 6) is 0.329. The first kappa shape index (κ1) is 12.4. The second kappa shape index (κ2) is 6.05. The monoisotopic (exact) mass is 224 g/mol. The lowest BCUT2D eigenvalue weighted by atomic mass is 10.3. The summed E-state index contributed by atoms with van der Waals surface area (Å²) >= 11 is 0. The third kappa shape index (κ3) is 3.84. The minimum absolute atomic E-state index is 0.278. The van der Waals surface area contributed by atoms with Crippen molar-refractivity contribution in [2.24, 2.45) is 4.99 Å². The Hall–Kier alpha value is -1.65. The van der Waals surface area contributed by atoms with Crippen LogP contribution in [0.4, 0.5) is 4.39 Å². The van der Waals surface area contributed by atoms with Gasteiger partial charge in [-0.05, 0) is 26.0 Å². The van der Waals surface area contributed by atoms with Gasteiger partial charge in [0, 0.05) is 19.3 Å². The van der Waals surface area contributed by atoms with Crippen LogP contribution in [0.2, 0.25) is 0 Å². The highest BCUT2D eigenvalue weighted by Crippen LogP contribution is 2.01. The van der Waals surface area contributed by atoms with Crippen LogP contribution in [-0.2, 0) is 6.54 Å². The van der Waals surface area contributed by atoms with Crippen LogP contribution in [0.3, 0.4) is 0 Å². The van der Waals surface area contributed by atoms with E-state index in [9.17, 15) is 4.39 Å². The zero-order valence-corrected chi connectivity index (χ0v) is 9.79. The summed E-state index contributed by atoms with van der Waals surface area (Å²) < 4.78 is 13.2. The van der Waals surface area contributed by atoms with Crippen molar-refractivity contribution in [3.8, 4) is 0 Å². The van der Waals surface area contributed by atoms with Gasteiger partial charge in [0.05, 0.1) is 12.2 Å². The van der Waals surface area contributed by atoms with Crippen LogP contribution in [0.1, 0.15) is 19.5 Å². The van der Waals surface area contributed by atoms with Gasteiger partial charge in [-0.3, -0.25) is 9.98 Å². The molecule has 0 aliphatic carbocycles. The first-order valence-electron chi connectivity index (χ1n) is 5.20. The number of nitrogens with zero attached hydrogens (tertiary/aromatic N) is 2. The zero-order chi connectivity index (χ0) is 12.0. The summed E-state index contributed by atoms with van der Waals surface area (Å²) in [6.07, 6.45) is 1.57. The van der Waals surface area contributed by atoms with Crippen LogP contribution in [0.25, 0.3) is 0 Å². The Morgan fingerprint density at radius 2 is 2.31 bits per heavy atom. The molecule has 0 unspecified atom stereocenters. The standard InChI is InChI=1S/C11H17FN4/c1-8(2)16-11(13-3)15-7-10-9(12)5-4-6-14-10/h4-6,8H,7H2,1-3H3,(H2,13,15,16). The molecule has 0 saturated carbocycles. The van der Waals surface area contributed by atoms with Crippen LogP contribution >= 0.6 is 0 Å². The van der Waals surface area contributed by atoms with Crippen LogP contribution in [-0.4, -0.2) is 24.0 Å². The largest absolute Gasteiger partial charge is 0.354 e. The van der Waals surface area contributed by atoms with E-state index in [1.807, 2.05) is 13.8 Å². The van der Waals surface area contributed by atoms with E-state index in [4.69, 9.17) is 0 Å². The molecule has 0 amide bonds. The van der Waals surface area contributed by atoms with E-state index in [1.54, 1.807) is 19.3 Å². The number of halogens is 1. The Morgan fingerprint density at radius 3 is 2.88 bits per heavy atom. The van der Waals surface area contributed by atoms with Gasteiger partial charge in [-0.15, -0.1) is 0 Å². The Balaban J connectivity index is 2.54. The van der Waals surface area contributed by atoms with Gasteiger partial charge in [0.1, 0.15) is 5.82 Å². The maximum Gasteiger partial charge on any atom is 0.191 e. The Morgan fingerprint density at radius 1 is 1.56 bits per heavy atom. The zero-order valence-electron chi connectivity index (χ0n) is 9.79. The van der Waals surface area contributed by atoms with Gasteiger partial charge < -0.3 is 10.6 Å². The highest BCUT2D eigenvalue weighted by molar-refractivity contribution is 5.79. The predicted octanol–water partition coefficient (Wildman–Crippen LogP) is 1.29. The van der Waals surface area contributed by atoms with Gasteiger partial charge in [0.15, 0.2) is 5.96 Å². The summed E-state index contributed by atoms with van der Waals surface area (Å²) in [5.41, 5.74) is 0.384. The van der Waals surface area contributed by atoms with Gasteiger partial charge in [0.2, 0.25) is 0 Å². The minimum Gasteiger partial charge on any atom is -0.354 e. The molecule has 0 bridgehead atoms. The molecule has 1 rings (SSSR count). The van der Waals surface area contributed by atoms with E-state index in [-0.39, 0.29) is 11.9 Å². The number of aliphatic imine (C=N–C) groups is 1. The van der Waals surface area contributed by atoms with E-state index >= 15 is 0 Å². The number of guanidine groups is 1. The molecule has 0 radical (unpaired) electrons. The Kier molecular flexibility index (Phi) is 4.69. The van der Waals surface area contributed by atoms with E-state index in [2.05, 4.69) is 20.6 Å². The third-order valence-electron chi connectivity index (χ3n) is 1.91. The summed E-state index contributed by atoms with van der Waals surface area (Å²) in [6.45, 7) is 4.33. The third-order valence-corrected chi connectivity index (χ3v) is 1.91. The first-order chi connectivity index (χ1) is 7.63. The molecule has 0 spiro atoms. The molecular weight excluding hydrogens is 207 g/mol. The SMILES string of the molecule is CN=C(NCc1ncccc1F)NC(C)C. The molecule has 4 nitrogen and oxygen atoms in total. The molecule has 1 aromatic rings. The van der Waals surface area contributed by atoms with Gasteiger partial charge in [-0.1, -0.05) is 0 Å². The van der Waals surface area contributed by atoms with Crippen LogP contribution < -0.4 is 10.6 Å². The highest BCUT2D eigenvalue weighted by atomic mass is 19.1. The van der Waals surface area contributed by atoms with Gasteiger partial charge >= 0.3 is 0 Å². The minimum atomic E-state index is -0.310. The molecule has 2 N–H and O–H groups in total. The lowest BCUT2D eigenvalue weighted by Gasteiger charge is -2.14. The second-order valence-electron chi connectivity index (χ2n) is 3.66. The van der Waals surface area contributed by atoms with E-state index in [0.717, 1.165) is 0 Å². The fourth-order valence-corrected chi connectivity index (χ4v) is 1.18. The predicted molar refractivity (Wildman–Crippen MR) is 62.7 cm³/mol. The maximum atomic E-state index is 13.2. The fraction of sp³-hybridized carbons (Fsp3) is 0.455. The maximum absolute atomic E-state index is 13.2. The van der Waals surface area contributed by atoms with Crippen molar-refractivity contribution in [2.45, 2.75) is 26.4 Å². The summed E-state index contributed by atoms with van der Waals surface area (Å²) in [7, 11) is 1.67. The van der Waals surface area contributed by atoms with Crippen molar-refractivity contribution < 1.29 is 4.39 Å². The lowest BCUT2D eigenvalue weighted by molar-refractivity contribution is 0.591. The smallest absolute Gasteiger partial charge is 0.191 e. The molecule has 5 heteroatoms. The molecular formula is C11H17FN4. The van der Waals surface area contributed by atoms with E-state index < -0.39 is 0 Å².